The minimum absolute atomic E-state index is 0.0150. The summed E-state index contributed by atoms with van der Waals surface area (Å²) in [6, 6.07) is 0. The summed E-state index contributed by atoms with van der Waals surface area (Å²) < 4.78 is 26.0. The molecule has 4 nitrogen and oxygen atoms in total. The summed E-state index contributed by atoms with van der Waals surface area (Å²) in [5.41, 5.74) is -0.0150. The summed E-state index contributed by atoms with van der Waals surface area (Å²) in [6.07, 6.45) is 3.71. The van der Waals surface area contributed by atoms with Crippen molar-refractivity contribution in [3.63, 3.8) is 0 Å². The first-order valence-electron chi connectivity index (χ1n) is 5.36. The zero-order valence-corrected chi connectivity index (χ0v) is 9.21. The van der Waals surface area contributed by atoms with Gasteiger partial charge in [-0.1, -0.05) is 0 Å². The van der Waals surface area contributed by atoms with Crippen LogP contribution in [-0.2, 0) is 6.54 Å². The van der Waals surface area contributed by atoms with E-state index in [4.69, 9.17) is 0 Å². The van der Waals surface area contributed by atoms with Crippen molar-refractivity contribution in [2.24, 2.45) is 0 Å². The van der Waals surface area contributed by atoms with Gasteiger partial charge in [-0.25, -0.2) is 4.98 Å². The second-order valence-electron chi connectivity index (χ2n) is 4.37. The number of alkyl halides is 2. The van der Waals surface area contributed by atoms with Crippen molar-refractivity contribution in [2.75, 3.05) is 13.1 Å². The van der Waals surface area contributed by atoms with E-state index in [0.717, 1.165) is 24.1 Å². The zero-order chi connectivity index (χ0) is 11.6. The van der Waals surface area contributed by atoms with Crippen molar-refractivity contribution in [2.45, 2.75) is 32.0 Å². The molecule has 0 spiro atoms. The highest BCUT2D eigenvalue weighted by molar-refractivity contribution is 4.97. The molecule has 1 aliphatic rings. The average Bonchev–Trinajstić information content (AvgIpc) is 2.83. The van der Waals surface area contributed by atoms with Crippen LogP contribution in [0.1, 0.15) is 25.7 Å². The highest BCUT2D eigenvalue weighted by atomic mass is 19.3. The van der Waals surface area contributed by atoms with Gasteiger partial charge in [0.15, 0.2) is 0 Å². The fourth-order valence-electron chi connectivity index (χ4n) is 1.92. The van der Waals surface area contributed by atoms with Crippen molar-refractivity contribution in [3.05, 3.63) is 18.2 Å². The zero-order valence-electron chi connectivity index (χ0n) is 9.21. The van der Waals surface area contributed by atoms with E-state index in [-0.39, 0.29) is 5.54 Å². The lowest BCUT2D eigenvalue weighted by atomic mass is 10.0. The number of hydrogen-bond donors (Lipinski definition) is 2. The van der Waals surface area contributed by atoms with Gasteiger partial charge in [0.05, 0.1) is 6.54 Å². The lowest BCUT2D eigenvalue weighted by Gasteiger charge is -2.24. The predicted octanol–water partition coefficient (Wildman–Crippen LogP) is 1.12. The molecule has 1 aromatic rings. The van der Waals surface area contributed by atoms with Crippen LogP contribution in [0.3, 0.4) is 0 Å². The fourth-order valence-corrected chi connectivity index (χ4v) is 1.92. The Morgan fingerprint density at radius 2 is 2.50 bits per heavy atom. The first kappa shape index (κ1) is 11.5. The fraction of sp³-hybridized carbons (Fsp3) is 0.700. The third-order valence-corrected chi connectivity index (χ3v) is 3.00. The Bertz CT molecular complexity index is 344. The van der Waals surface area contributed by atoms with Crippen molar-refractivity contribution >= 4 is 0 Å². The maximum Gasteiger partial charge on any atom is 0.319 e. The Labute approximate surface area is 93.0 Å². The molecule has 6 heteroatoms. The van der Waals surface area contributed by atoms with Gasteiger partial charge in [-0.15, -0.1) is 0 Å². The van der Waals surface area contributed by atoms with Crippen LogP contribution < -0.4 is 10.6 Å². The monoisotopic (exact) mass is 230 g/mol. The van der Waals surface area contributed by atoms with E-state index in [2.05, 4.69) is 22.5 Å². The standard InChI is InChI=1S/C10H16F2N4/c1-10(2-3-13-7-10)15-6-8-14-4-5-16(8)9(11)12/h4-5,9,13,15H,2-3,6-7H2,1H3. The van der Waals surface area contributed by atoms with Crippen LogP contribution in [0, 0.1) is 0 Å². The quantitative estimate of drug-likeness (QED) is 0.814. The van der Waals surface area contributed by atoms with Gasteiger partial charge in [0.1, 0.15) is 5.82 Å². The van der Waals surface area contributed by atoms with Crippen LogP contribution in [0.5, 0.6) is 0 Å². The Hall–Kier alpha value is -1.01. The van der Waals surface area contributed by atoms with Gasteiger partial charge in [-0.3, -0.25) is 4.57 Å². The topological polar surface area (TPSA) is 41.9 Å². The number of nitrogens with zero attached hydrogens (tertiary/aromatic N) is 2. The molecule has 1 aliphatic heterocycles. The summed E-state index contributed by atoms with van der Waals surface area (Å²) >= 11 is 0. The van der Waals surface area contributed by atoms with Gasteiger partial charge in [0.25, 0.3) is 0 Å². The number of halogens is 2. The number of hydrogen-bond acceptors (Lipinski definition) is 3. The number of rotatable bonds is 4. The molecule has 90 valence electrons. The van der Waals surface area contributed by atoms with Crippen molar-refractivity contribution in [1.82, 2.24) is 20.2 Å². The van der Waals surface area contributed by atoms with Gasteiger partial charge < -0.3 is 10.6 Å². The van der Waals surface area contributed by atoms with Crippen LogP contribution in [0.2, 0.25) is 0 Å². The molecule has 1 saturated heterocycles. The predicted molar refractivity (Wildman–Crippen MR) is 56.2 cm³/mol. The summed E-state index contributed by atoms with van der Waals surface area (Å²) in [6.45, 7) is 1.77. The van der Waals surface area contributed by atoms with Crippen LogP contribution in [-0.4, -0.2) is 28.2 Å². The van der Waals surface area contributed by atoms with Crippen LogP contribution in [0.15, 0.2) is 12.4 Å². The van der Waals surface area contributed by atoms with E-state index in [1.807, 2.05) is 0 Å². The van der Waals surface area contributed by atoms with E-state index < -0.39 is 6.55 Å². The summed E-state index contributed by atoms with van der Waals surface area (Å²) in [4.78, 5) is 3.93. The molecule has 0 saturated carbocycles. The third-order valence-electron chi connectivity index (χ3n) is 3.00. The minimum atomic E-state index is -2.52. The molecule has 0 radical (unpaired) electrons. The minimum Gasteiger partial charge on any atom is -0.315 e. The van der Waals surface area contributed by atoms with Crippen molar-refractivity contribution in [1.29, 1.82) is 0 Å². The Balaban J connectivity index is 1.96. The smallest absolute Gasteiger partial charge is 0.315 e. The molecule has 1 unspecified atom stereocenters. The molecule has 2 rings (SSSR count). The van der Waals surface area contributed by atoms with Gasteiger partial charge in [-0.2, -0.15) is 8.78 Å². The van der Waals surface area contributed by atoms with E-state index >= 15 is 0 Å². The highest BCUT2D eigenvalue weighted by Crippen LogP contribution is 2.16. The van der Waals surface area contributed by atoms with E-state index in [1.165, 1.54) is 12.4 Å². The van der Waals surface area contributed by atoms with Crippen LogP contribution >= 0.6 is 0 Å². The molecular formula is C10H16F2N4. The number of nitrogens with one attached hydrogen (secondary N) is 2. The van der Waals surface area contributed by atoms with E-state index in [0.29, 0.717) is 12.4 Å². The van der Waals surface area contributed by atoms with Gasteiger partial charge in [0.2, 0.25) is 0 Å². The number of aromatic nitrogens is 2. The molecule has 0 aromatic carbocycles. The lowest BCUT2D eigenvalue weighted by molar-refractivity contribution is 0.0662. The van der Waals surface area contributed by atoms with Gasteiger partial charge in [0, 0.05) is 24.5 Å². The Morgan fingerprint density at radius 1 is 1.69 bits per heavy atom. The summed E-state index contributed by atoms with van der Waals surface area (Å²) in [7, 11) is 0. The molecule has 1 aromatic heterocycles. The normalized spacial score (nSPS) is 25.5. The maximum atomic E-state index is 12.5. The van der Waals surface area contributed by atoms with E-state index in [1.54, 1.807) is 0 Å². The highest BCUT2D eigenvalue weighted by Gasteiger charge is 2.28. The van der Waals surface area contributed by atoms with Crippen molar-refractivity contribution in [3.8, 4) is 0 Å². The SMILES string of the molecule is CC1(NCc2nccn2C(F)F)CCNC1. The molecule has 1 atom stereocenters. The molecule has 2 N–H and O–H groups in total. The molecule has 1 fully saturated rings. The second kappa shape index (κ2) is 4.47. The lowest BCUT2D eigenvalue weighted by Crippen LogP contribution is -2.44. The Kier molecular flexibility index (Phi) is 3.20. The van der Waals surface area contributed by atoms with Crippen LogP contribution in [0.25, 0.3) is 0 Å². The summed E-state index contributed by atoms with van der Waals surface area (Å²) in [5, 5.41) is 6.52. The van der Waals surface area contributed by atoms with E-state index in [9.17, 15) is 8.78 Å². The van der Waals surface area contributed by atoms with Crippen molar-refractivity contribution < 1.29 is 8.78 Å². The second-order valence-corrected chi connectivity index (χ2v) is 4.37. The third kappa shape index (κ3) is 2.38. The molecule has 2 heterocycles. The van der Waals surface area contributed by atoms with Gasteiger partial charge in [-0.05, 0) is 19.9 Å². The summed E-state index contributed by atoms with van der Waals surface area (Å²) in [5.74, 6) is 0.378. The molecule has 0 amide bonds. The molecular weight excluding hydrogens is 214 g/mol. The Morgan fingerprint density at radius 3 is 3.12 bits per heavy atom. The maximum absolute atomic E-state index is 12.5. The first-order chi connectivity index (χ1) is 7.61. The molecule has 16 heavy (non-hydrogen) atoms. The first-order valence-corrected chi connectivity index (χ1v) is 5.36. The van der Waals surface area contributed by atoms with Crippen LogP contribution in [0.4, 0.5) is 8.78 Å². The van der Waals surface area contributed by atoms with Gasteiger partial charge >= 0.3 is 6.55 Å². The largest absolute Gasteiger partial charge is 0.319 e. The molecule has 0 aliphatic carbocycles. The molecule has 0 bridgehead atoms. The number of imidazole rings is 1. The average molecular weight is 230 g/mol.